The Labute approximate surface area is 172 Å². The maximum absolute atomic E-state index is 12.2. The van der Waals surface area contributed by atoms with Crippen LogP contribution in [-0.4, -0.2) is 23.1 Å². The summed E-state index contributed by atoms with van der Waals surface area (Å²) in [5.74, 6) is -1.09. The van der Waals surface area contributed by atoms with E-state index in [0.29, 0.717) is 21.3 Å². The van der Waals surface area contributed by atoms with Gasteiger partial charge < -0.3 is 14.6 Å². The van der Waals surface area contributed by atoms with Crippen molar-refractivity contribution in [2.24, 2.45) is 0 Å². The molecule has 0 aliphatic rings. The van der Waals surface area contributed by atoms with Crippen LogP contribution in [0, 0.1) is 13.8 Å². The third-order valence-electron chi connectivity index (χ3n) is 4.17. The van der Waals surface area contributed by atoms with Crippen LogP contribution >= 0.6 is 23.2 Å². The Morgan fingerprint density at radius 2 is 1.61 bits per heavy atom. The summed E-state index contributed by atoms with van der Waals surface area (Å²) in [6, 6.07) is 15.8. The van der Waals surface area contributed by atoms with Crippen LogP contribution in [-0.2, 0) is 9.53 Å². The number of aromatic nitrogens is 1. The number of amides is 1. The van der Waals surface area contributed by atoms with Crippen LogP contribution in [0.15, 0.2) is 54.6 Å². The molecule has 5 nitrogen and oxygen atoms in total. The van der Waals surface area contributed by atoms with E-state index in [1.807, 2.05) is 38.1 Å². The Morgan fingerprint density at radius 3 is 2.25 bits per heavy atom. The van der Waals surface area contributed by atoms with E-state index in [9.17, 15) is 9.59 Å². The predicted octanol–water partition coefficient (Wildman–Crippen LogP) is 5.20. The lowest BCUT2D eigenvalue weighted by Gasteiger charge is -2.11. The first-order valence-electron chi connectivity index (χ1n) is 8.52. The zero-order valence-electron chi connectivity index (χ0n) is 15.3. The van der Waals surface area contributed by atoms with Gasteiger partial charge in [0.05, 0.1) is 16.3 Å². The van der Waals surface area contributed by atoms with Crippen LogP contribution < -0.4 is 5.32 Å². The van der Waals surface area contributed by atoms with Crippen molar-refractivity contribution < 1.29 is 14.3 Å². The second-order valence-electron chi connectivity index (χ2n) is 6.25. The summed E-state index contributed by atoms with van der Waals surface area (Å²) in [6.07, 6.45) is 0. The summed E-state index contributed by atoms with van der Waals surface area (Å²) in [4.78, 5) is 24.2. The number of esters is 1. The third-order valence-corrected chi connectivity index (χ3v) is 4.73. The van der Waals surface area contributed by atoms with Crippen molar-refractivity contribution in [2.75, 3.05) is 11.9 Å². The minimum absolute atomic E-state index is 0.343. The molecule has 0 atom stereocenters. The van der Waals surface area contributed by atoms with Crippen molar-refractivity contribution in [1.82, 2.24) is 4.57 Å². The Kier molecular flexibility index (Phi) is 6.07. The number of carbonyl (C=O) groups excluding carboxylic acids is 2. The van der Waals surface area contributed by atoms with Crippen molar-refractivity contribution in [2.45, 2.75) is 13.8 Å². The minimum Gasteiger partial charge on any atom is -0.452 e. The van der Waals surface area contributed by atoms with Gasteiger partial charge in [0.2, 0.25) is 0 Å². The number of nitrogens with one attached hydrogen (secondary N) is 1. The standard InChI is InChI=1S/C21H18Cl2N2O3/c1-13-3-4-14(2)25(13)17-8-5-15(6-9-17)21(27)28-12-20(26)24-19-11-16(22)7-10-18(19)23/h3-11H,12H2,1-2H3,(H,24,26). The molecule has 0 spiro atoms. The van der Waals surface area contributed by atoms with Gasteiger partial charge in [0.1, 0.15) is 0 Å². The number of halogens is 2. The van der Waals surface area contributed by atoms with E-state index in [-0.39, 0.29) is 0 Å². The zero-order chi connectivity index (χ0) is 20.3. The molecule has 144 valence electrons. The van der Waals surface area contributed by atoms with Crippen molar-refractivity contribution in [1.29, 1.82) is 0 Å². The number of rotatable bonds is 5. The number of hydrogen-bond acceptors (Lipinski definition) is 3. The zero-order valence-corrected chi connectivity index (χ0v) is 16.8. The number of ether oxygens (including phenoxy) is 1. The smallest absolute Gasteiger partial charge is 0.338 e. The second kappa shape index (κ2) is 8.50. The molecule has 3 rings (SSSR count). The molecule has 0 aliphatic heterocycles. The first kappa shape index (κ1) is 20.0. The van der Waals surface area contributed by atoms with Gasteiger partial charge in [-0.1, -0.05) is 23.2 Å². The normalized spacial score (nSPS) is 10.6. The fourth-order valence-electron chi connectivity index (χ4n) is 2.82. The van der Waals surface area contributed by atoms with Gasteiger partial charge in [-0.05, 0) is 68.4 Å². The molecule has 0 bridgehead atoms. The van der Waals surface area contributed by atoms with Crippen LogP contribution in [0.5, 0.6) is 0 Å². The SMILES string of the molecule is Cc1ccc(C)n1-c1ccc(C(=O)OCC(=O)Nc2cc(Cl)ccc2Cl)cc1. The number of benzene rings is 2. The van der Waals surface area contributed by atoms with Gasteiger partial charge in [0.15, 0.2) is 6.61 Å². The molecule has 0 saturated heterocycles. The van der Waals surface area contributed by atoms with Crippen molar-refractivity contribution in [3.8, 4) is 5.69 Å². The lowest BCUT2D eigenvalue weighted by molar-refractivity contribution is -0.119. The summed E-state index contributed by atoms with van der Waals surface area (Å²) in [5, 5.41) is 3.34. The quantitative estimate of drug-likeness (QED) is 0.581. The number of aryl methyl sites for hydroxylation is 2. The van der Waals surface area contributed by atoms with Crippen LogP contribution in [0.2, 0.25) is 10.0 Å². The second-order valence-corrected chi connectivity index (χ2v) is 7.09. The fourth-order valence-corrected chi connectivity index (χ4v) is 3.15. The maximum atomic E-state index is 12.2. The predicted molar refractivity (Wildman–Crippen MR) is 111 cm³/mol. The highest BCUT2D eigenvalue weighted by atomic mass is 35.5. The molecular weight excluding hydrogens is 399 g/mol. The average molecular weight is 417 g/mol. The fraction of sp³-hybridized carbons (Fsp3) is 0.143. The monoisotopic (exact) mass is 416 g/mol. The molecule has 1 heterocycles. The lowest BCUT2D eigenvalue weighted by Crippen LogP contribution is -2.21. The van der Waals surface area contributed by atoms with Gasteiger partial charge in [-0.15, -0.1) is 0 Å². The number of nitrogens with zero attached hydrogens (tertiary/aromatic N) is 1. The highest BCUT2D eigenvalue weighted by molar-refractivity contribution is 6.35. The van der Waals surface area contributed by atoms with Crippen LogP contribution in [0.1, 0.15) is 21.7 Å². The molecule has 1 aromatic heterocycles. The van der Waals surface area contributed by atoms with Gasteiger partial charge in [-0.3, -0.25) is 4.79 Å². The van der Waals surface area contributed by atoms with Crippen LogP contribution in [0.3, 0.4) is 0 Å². The van der Waals surface area contributed by atoms with Gasteiger partial charge in [-0.25, -0.2) is 4.79 Å². The van der Waals surface area contributed by atoms with Crippen LogP contribution in [0.25, 0.3) is 5.69 Å². The van der Waals surface area contributed by atoms with Crippen molar-refractivity contribution >= 4 is 40.8 Å². The largest absolute Gasteiger partial charge is 0.452 e. The Hall–Kier alpha value is -2.76. The van der Waals surface area contributed by atoms with Gasteiger partial charge in [-0.2, -0.15) is 0 Å². The van der Waals surface area contributed by atoms with E-state index in [1.165, 1.54) is 6.07 Å². The number of anilines is 1. The van der Waals surface area contributed by atoms with E-state index >= 15 is 0 Å². The summed E-state index contributed by atoms with van der Waals surface area (Å²) in [5.41, 5.74) is 3.87. The molecule has 1 amide bonds. The van der Waals surface area contributed by atoms with E-state index in [4.69, 9.17) is 27.9 Å². The van der Waals surface area contributed by atoms with Gasteiger partial charge in [0.25, 0.3) is 5.91 Å². The molecule has 28 heavy (non-hydrogen) atoms. The molecule has 0 radical (unpaired) electrons. The summed E-state index contributed by atoms with van der Waals surface area (Å²) >= 11 is 11.9. The average Bonchev–Trinajstić information content (AvgIpc) is 3.01. The third kappa shape index (κ3) is 4.55. The Balaban J connectivity index is 1.60. The summed E-state index contributed by atoms with van der Waals surface area (Å²) in [6.45, 7) is 3.60. The van der Waals surface area contributed by atoms with Crippen molar-refractivity contribution in [3.05, 3.63) is 81.6 Å². The molecule has 1 N–H and O–H groups in total. The lowest BCUT2D eigenvalue weighted by atomic mass is 10.2. The first-order valence-corrected chi connectivity index (χ1v) is 9.28. The molecule has 0 unspecified atom stereocenters. The molecule has 0 saturated carbocycles. The Morgan fingerprint density at radius 1 is 0.964 bits per heavy atom. The van der Waals surface area contributed by atoms with E-state index in [2.05, 4.69) is 9.88 Å². The number of carbonyl (C=O) groups is 2. The molecule has 0 fully saturated rings. The highest BCUT2D eigenvalue weighted by Gasteiger charge is 2.12. The van der Waals surface area contributed by atoms with E-state index in [1.54, 1.807) is 24.3 Å². The molecular formula is C21H18Cl2N2O3. The van der Waals surface area contributed by atoms with Crippen molar-refractivity contribution in [3.63, 3.8) is 0 Å². The minimum atomic E-state index is -0.583. The van der Waals surface area contributed by atoms with E-state index < -0.39 is 18.5 Å². The van der Waals surface area contributed by atoms with Crippen LogP contribution in [0.4, 0.5) is 5.69 Å². The maximum Gasteiger partial charge on any atom is 0.338 e. The molecule has 2 aromatic carbocycles. The summed E-state index contributed by atoms with van der Waals surface area (Å²) in [7, 11) is 0. The van der Waals surface area contributed by atoms with Gasteiger partial charge in [0, 0.05) is 22.1 Å². The number of hydrogen-bond donors (Lipinski definition) is 1. The molecule has 0 aliphatic carbocycles. The summed E-state index contributed by atoms with van der Waals surface area (Å²) < 4.78 is 7.16. The first-order chi connectivity index (χ1) is 13.3. The molecule has 3 aromatic rings. The highest BCUT2D eigenvalue weighted by Crippen LogP contribution is 2.25. The molecule has 7 heteroatoms. The topological polar surface area (TPSA) is 60.3 Å². The van der Waals surface area contributed by atoms with Gasteiger partial charge >= 0.3 is 5.97 Å². The van der Waals surface area contributed by atoms with E-state index in [0.717, 1.165) is 17.1 Å². The Bertz CT molecular complexity index is 1010.